The van der Waals surface area contributed by atoms with Crippen LogP contribution in [0.25, 0.3) is 0 Å². The molecule has 0 amide bonds. The molecule has 1 saturated heterocycles. The molecule has 0 aromatic heterocycles. The monoisotopic (exact) mass is 283 g/mol. The number of ether oxygens (including phenoxy) is 1. The molecule has 0 spiro atoms. The van der Waals surface area contributed by atoms with E-state index in [-0.39, 0.29) is 17.5 Å². The average molecular weight is 283 g/mol. The van der Waals surface area contributed by atoms with Crippen LogP contribution >= 0.6 is 0 Å². The fraction of sp³-hybridized carbons (Fsp3) is 0.571. The molecule has 1 N–H and O–H groups in total. The molecule has 1 aromatic rings. The van der Waals surface area contributed by atoms with Gasteiger partial charge >= 0.3 is 0 Å². The Morgan fingerprint density at radius 2 is 2.00 bits per heavy atom. The lowest BCUT2D eigenvalue weighted by molar-refractivity contribution is 0.341. The summed E-state index contributed by atoms with van der Waals surface area (Å²) in [6.45, 7) is 4.61. The highest BCUT2D eigenvalue weighted by Crippen LogP contribution is 2.28. The van der Waals surface area contributed by atoms with Crippen molar-refractivity contribution < 1.29 is 13.2 Å². The van der Waals surface area contributed by atoms with E-state index in [0.29, 0.717) is 19.4 Å². The standard InChI is InChI=1S/C14H21NO3S/c1-3-18-14-10-11(2)4-5-13(14)15-12-6-8-19(16,17)9-7-12/h4-5,10,12,15H,3,6-9H2,1-2H3. The lowest BCUT2D eigenvalue weighted by Gasteiger charge is -2.25. The summed E-state index contributed by atoms with van der Waals surface area (Å²) in [5.41, 5.74) is 2.11. The number of aryl methyl sites for hydroxylation is 1. The van der Waals surface area contributed by atoms with Crippen LogP contribution in [0.4, 0.5) is 5.69 Å². The van der Waals surface area contributed by atoms with E-state index in [1.54, 1.807) is 0 Å². The predicted octanol–water partition coefficient (Wildman–Crippen LogP) is 2.38. The van der Waals surface area contributed by atoms with Gasteiger partial charge in [0.05, 0.1) is 23.8 Å². The fourth-order valence-electron chi connectivity index (χ4n) is 2.28. The zero-order valence-corrected chi connectivity index (χ0v) is 12.3. The number of rotatable bonds is 4. The van der Waals surface area contributed by atoms with Crippen molar-refractivity contribution in [3.05, 3.63) is 23.8 Å². The Hall–Kier alpha value is -1.23. The second kappa shape index (κ2) is 5.82. The van der Waals surface area contributed by atoms with Crippen molar-refractivity contribution in [1.82, 2.24) is 0 Å². The Bertz CT molecular complexity index is 526. The molecular weight excluding hydrogens is 262 g/mol. The molecule has 2 rings (SSSR count). The topological polar surface area (TPSA) is 55.4 Å². The first-order chi connectivity index (χ1) is 9.00. The third-order valence-electron chi connectivity index (χ3n) is 3.35. The van der Waals surface area contributed by atoms with Gasteiger partial charge in [-0.25, -0.2) is 8.42 Å². The first-order valence-corrected chi connectivity index (χ1v) is 8.53. The van der Waals surface area contributed by atoms with Crippen molar-refractivity contribution in [2.24, 2.45) is 0 Å². The average Bonchev–Trinajstić information content (AvgIpc) is 2.35. The summed E-state index contributed by atoms with van der Waals surface area (Å²) >= 11 is 0. The maximum atomic E-state index is 11.4. The van der Waals surface area contributed by atoms with Gasteiger partial charge in [0.15, 0.2) is 0 Å². The summed E-state index contributed by atoms with van der Waals surface area (Å²) < 4.78 is 28.4. The van der Waals surface area contributed by atoms with Crippen LogP contribution in [0.1, 0.15) is 25.3 Å². The molecule has 1 heterocycles. The number of hydrogen-bond acceptors (Lipinski definition) is 4. The first-order valence-electron chi connectivity index (χ1n) is 6.70. The van der Waals surface area contributed by atoms with Gasteiger partial charge in [0.2, 0.25) is 0 Å². The smallest absolute Gasteiger partial charge is 0.150 e. The maximum absolute atomic E-state index is 11.4. The van der Waals surface area contributed by atoms with E-state index in [4.69, 9.17) is 4.74 Å². The maximum Gasteiger partial charge on any atom is 0.150 e. The van der Waals surface area contributed by atoms with E-state index in [1.807, 2.05) is 32.0 Å². The molecule has 0 unspecified atom stereocenters. The van der Waals surface area contributed by atoms with Crippen LogP contribution in [0.2, 0.25) is 0 Å². The van der Waals surface area contributed by atoms with Crippen LogP contribution in [0.5, 0.6) is 5.75 Å². The highest BCUT2D eigenvalue weighted by molar-refractivity contribution is 7.91. The van der Waals surface area contributed by atoms with Crippen LogP contribution in [0.15, 0.2) is 18.2 Å². The van der Waals surface area contributed by atoms with Crippen LogP contribution in [0.3, 0.4) is 0 Å². The quantitative estimate of drug-likeness (QED) is 0.922. The van der Waals surface area contributed by atoms with Gasteiger partial charge in [-0.2, -0.15) is 0 Å². The van der Waals surface area contributed by atoms with E-state index in [9.17, 15) is 8.42 Å². The normalized spacial score (nSPS) is 19.1. The van der Waals surface area contributed by atoms with Gasteiger partial charge in [-0.1, -0.05) is 6.07 Å². The molecule has 1 aliphatic heterocycles. The molecule has 0 atom stereocenters. The van der Waals surface area contributed by atoms with Gasteiger partial charge < -0.3 is 10.1 Å². The number of hydrogen-bond donors (Lipinski definition) is 1. The third-order valence-corrected chi connectivity index (χ3v) is 5.07. The Kier molecular flexibility index (Phi) is 4.34. The van der Waals surface area contributed by atoms with Crippen molar-refractivity contribution in [2.75, 3.05) is 23.4 Å². The van der Waals surface area contributed by atoms with Crippen LogP contribution in [0, 0.1) is 6.92 Å². The Morgan fingerprint density at radius 3 is 2.63 bits per heavy atom. The Balaban J connectivity index is 2.07. The number of benzene rings is 1. The molecule has 4 nitrogen and oxygen atoms in total. The molecule has 1 fully saturated rings. The first kappa shape index (κ1) is 14.2. The molecular formula is C14H21NO3S. The van der Waals surface area contributed by atoms with Gasteiger partial charge in [-0.05, 0) is 44.4 Å². The second-order valence-electron chi connectivity index (χ2n) is 5.00. The van der Waals surface area contributed by atoms with E-state index in [1.165, 1.54) is 0 Å². The molecule has 0 saturated carbocycles. The minimum atomic E-state index is -2.81. The van der Waals surface area contributed by atoms with Crippen molar-refractivity contribution >= 4 is 15.5 Å². The zero-order chi connectivity index (χ0) is 13.9. The lowest BCUT2D eigenvalue weighted by Crippen LogP contribution is -2.32. The minimum Gasteiger partial charge on any atom is -0.492 e. The van der Waals surface area contributed by atoms with Crippen molar-refractivity contribution in [1.29, 1.82) is 0 Å². The summed E-state index contributed by atoms with van der Waals surface area (Å²) in [5, 5.41) is 3.41. The molecule has 0 radical (unpaired) electrons. The van der Waals surface area contributed by atoms with Gasteiger partial charge in [0.25, 0.3) is 0 Å². The van der Waals surface area contributed by atoms with Gasteiger partial charge in [0, 0.05) is 6.04 Å². The summed E-state index contributed by atoms with van der Waals surface area (Å²) in [6, 6.07) is 6.25. The number of sulfone groups is 1. The number of anilines is 1. The third kappa shape index (κ3) is 3.86. The molecule has 19 heavy (non-hydrogen) atoms. The second-order valence-corrected chi connectivity index (χ2v) is 7.31. The van der Waals surface area contributed by atoms with E-state index in [0.717, 1.165) is 17.0 Å². The fourth-order valence-corrected chi connectivity index (χ4v) is 3.77. The van der Waals surface area contributed by atoms with Crippen LogP contribution < -0.4 is 10.1 Å². The zero-order valence-electron chi connectivity index (χ0n) is 11.5. The highest BCUT2D eigenvalue weighted by Gasteiger charge is 2.23. The molecule has 1 aromatic carbocycles. The summed E-state index contributed by atoms with van der Waals surface area (Å²) in [7, 11) is -2.81. The van der Waals surface area contributed by atoms with E-state index < -0.39 is 9.84 Å². The summed E-state index contributed by atoms with van der Waals surface area (Å²) in [5.74, 6) is 1.40. The molecule has 0 aliphatic carbocycles. The largest absolute Gasteiger partial charge is 0.492 e. The van der Waals surface area contributed by atoms with Crippen molar-refractivity contribution in [2.45, 2.75) is 32.7 Å². The molecule has 0 bridgehead atoms. The van der Waals surface area contributed by atoms with E-state index in [2.05, 4.69) is 5.32 Å². The molecule has 1 aliphatic rings. The lowest BCUT2D eigenvalue weighted by atomic mass is 10.1. The molecule has 5 heteroatoms. The van der Waals surface area contributed by atoms with Crippen molar-refractivity contribution in [3.63, 3.8) is 0 Å². The van der Waals surface area contributed by atoms with E-state index >= 15 is 0 Å². The van der Waals surface area contributed by atoms with Gasteiger partial charge in [-0.15, -0.1) is 0 Å². The molecule has 106 valence electrons. The SMILES string of the molecule is CCOc1cc(C)ccc1NC1CCS(=O)(=O)CC1. The van der Waals surface area contributed by atoms with Crippen molar-refractivity contribution in [3.8, 4) is 5.75 Å². The summed E-state index contributed by atoms with van der Waals surface area (Å²) in [6.07, 6.45) is 1.34. The highest BCUT2D eigenvalue weighted by atomic mass is 32.2. The van der Waals surface area contributed by atoms with Gasteiger partial charge in [-0.3, -0.25) is 0 Å². The van der Waals surface area contributed by atoms with Gasteiger partial charge in [0.1, 0.15) is 15.6 Å². The van der Waals surface area contributed by atoms with Crippen LogP contribution in [-0.2, 0) is 9.84 Å². The number of nitrogens with one attached hydrogen (secondary N) is 1. The Morgan fingerprint density at radius 1 is 1.32 bits per heavy atom. The Labute approximate surface area is 115 Å². The minimum absolute atomic E-state index is 0.213. The summed E-state index contributed by atoms with van der Waals surface area (Å²) in [4.78, 5) is 0. The van der Waals surface area contributed by atoms with Crippen LogP contribution in [-0.4, -0.2) is 32.6 Å². The predicted molar refractivity (Wildman–Crippen MR) is 77.6 cm³/mol.